The van der Waals surface area contributed by atoms with Crippen molar-refractivity contribution in [3.05, 3.63) is 15.9 Å². The lowest BCUT2D eigenvalue weighted by atomic mass is 10.3. The van der Waals surface area contributed by atoms with Crippen LogP contribution in [0.5, 0.6) is 0 Å². The first-order valence-electron chi connectivity index (χ1n) is 5.30. The molecule has 0 amide bonds. The van der Waals surface area contributed by atoms with E-state index in [1.807, 2.05) is 7.05 Å². The summed E-state index contributed by atoms with van der Waals surface area (Å²) in [5.74, 6) is 0. The maximum atomic E-state index is 4.23. The number of hydrogen-bond acceptors (Lipinski definition) is 4. The summed E-state index contributed by atoms with van der Waals surface area (Å²) in [6.07, 6.45) is 0. The van der Waals surface area contributed by atoms with Gasteiger partial charge >= 0.3 is 0 Å². The van der Waals surface area contributed by atoms with Crippen molar-refractivity contribution in [2.75, 3.05) is 33.2 Å². The second kappa shape index (κ2) is 4.92. The number of piperazine rings is 1. The fraction of sp³-hybridized carbons (Fsp3) is 0.700. The average Bonchev–Trinajstić information content (AvgIpc) is 2.62. The van der Waals surface area contributed by atoms with Crippen LogP contribution in [0.15, 0.2) is 10.4 Å². The minimum atomic E-state index is 1.05. The normalized spacial score (nSPS) is 19.7. The first-order valence-corrected chi connectivity index (χ1v) is 6.18. The smallest absolute Gasteiger partial charge is 0.184 e. The second-order valence-electron chi connectivity index (χ2n) is 3.82. The van der Waals surface area contributed by atoms with Crippen LogP contribution in [0.1, 0.15) is 5.69 Å². The van der Waals surface area contributed by atoms with Gasteiger partial charge in [-0.3, -0.25) is 9.89 Å². The van der Waals surface area contributed by atoms with Crippen molar-refractivity contribution in [3.63, 3.8) is 0 Å². The molecule has 0 radical (unpaired) electrons. The topological polar surface area (TPSA) is 32.6 Å². The van der Waals surface area contributed by atoms with Gasteiger partial charge in [0.25, 0.3) is 0 Å². The summed E-state index contributed by atoms with van der Waals surface area (Å²) in [6.45, 7) is 5.56. The Bertz CT molecular complexity index is 373. The third kappa shape index (κ3) is 2.48. The molecule has 84 valence electrons. The SMILES string of the molecule is CN=c1scc(CN2CCNCC2)n1C. The van der Waals surface area contributed by atoms with Crippen LogP contribution in [0.4, 0.5) is 0 Å². The first-order chi connectivity index (χ1) is 7.31. The van der Waals surface area contributed by atoms with Crippen LogP contribution < -0.4 is 10.1 Å². The molecule has 1 aromatic heterocycles. The zero-order valence-electron chi connectivity index (χ0n) is 9.36. The van der Waals surface area contributed by atoms with Gasteiger partial charge in [-0.05, 0) is 0 Å². The van der Waals surface area contributed by atoms with Crippen molar-refractivity contribution in [1.29, 1.82) is 0 Å². The average molecular weight is 226 g/mol. The zero-order chi connectivity index (χ0) is 10.7. The Balaban J connectivity index is 2.06. The Morgan fingerprint density at radius 2 is 2.20 bits per heavy atom. The Morgan fingerprint density at radius 1 is 1.47 bits per heavy atom. The van der Waals surface area contributed by atoms with Crippen molar-refractivity contribution in [1.82, 2.24) is 14.8 Å². The Morgan fingerprint density at radius 3 is 2.80 bits per heavy atom. The summed E-state index contributed by atoms with van der Waals surface area (Å²) in [7, 11) is 3.94. The zero-order valence-corrected chi connectivity index (χ0v) is 10.2. The lowest BCUT2D eigenvalue weighted by molar-refractivity contribution is 0.228. The van der Waals surface area contributed by atoms with Crippen LogP contribution in [-0.2, 0) is 13.6 Å². The number of aromatic nitrogens is 1. The lowest BCUT2D eigenvalue weighted by Crippen LogP contribution is -2.43. The van der Waals surface area contributed by atoms with Gasteiger partial charge in [0, 0.05) is 57.9 Å². The van der Waals surface area contributed by atoms with Crippen molar-refractivity contribution in [2.24, 2.45) is 12.0 Å². The molecule has 1 aliphatic heterocycles. The maximum absolute atomic E-state index is 4.23. The molecule has 0 aromatic carbocycles. The van der Waals surface area contributed by atoms with E-state index in [1.54, 1.807) is 11.3 Å². The van der Waals surface area contributed by atoms with E-state index < -0.39 is 0 Å². The molecule has 1 aromatic rings. The Labute approximate surface area is 94.3 Å². The van der Waals surface area contributed by atoms with Crippen molar-refractivity contribution < 1.29 is 0 Å². The van der Waals surface area contributed by atoms with Gasteiger partial charge in [-0.15, -0.1) is 11.3 Å². The predicted molar refractivity (Wildman–Crippen MR) is 62.9 cm³/mol. The molecule has 4 nitrogen and oxygen atoms in total. The van der Waals surface area contributed by atoms with Gasteiger partial charge in [-0.25, -0.2) is 0 Å². The molecule has 0 saturated carbocycles. The van der Waals surface area contributed by atoms with Gasteiger partial charge in [0.05, 0.1) is 0 Å². The molecule has 2 rings (SSSR count). The van der Waals surface area contributed by atoms with Gasteiger partial charge in [0.15, 0.2) is 4.80 Å². The maximum Gasteiger partial charge on any atom is 0.184 e. The van der Waals surface area contributed by atoms with E-state index in [0.717, 1.165) is 37.5 Å². The lowest BCUT2D eigenvalue weighted by Gasteiger charge is -2.27. The molecular weight excluding hydrogens is 208 g/mol. The number of hydrogen-bond donors (Lipinski definition) is 1. The standard InChI is InChI=1S/C10H18N4S/c1-11-10-13(2)9(8-15-10)7-14-5-3-12-4-6-14/h8,12H,3-7H2,1-2H3. The third-order valence-corrected chi connectivity index (χ3v) is 3.86. The fourth-order valence-electron chi connectivity index (χ4n) is 1.85. The molecule has 0 spiro atoms. The molecule has 0 aliphatic carbocycles. The molecule has 0 bridgehead atoms. The van der Waals surface area contributed by atoms with Crippen LogP contribution in [0.3, 0.4) is 0 Å². The highest BCUT2D eigenvalue weighted by atomic mass is 32.1. The van der Waals surface area contributed by atoms with Crippen LogP contribution in [0, 0.1) is 0 Å². The van der Waals surface area contributed by atoms with Crippen LogP contribution in [0.2, 0.25) is 0 Å². The van der Waals surface area contributed by atoms with E-state index in [0.29, 0.717) is 0 Å². The second-order valence-corrected chi connectivity index (χ2v) is 4.65. The van der Waals surface area contributed by atoms with Crippen molar-refractivity contribution in [3.8, 4) is 0 Å². The van der Waals surface area contributed by atoms with Gasteiger partial charge in [-0.2, -0.15) is 0 Å². The monoisotopic (exact) mass is 226 g/mol. The minimum absolute atomic E-state index is 1.05. The van der Waals surface area contributed by atoms with Crippen LogP contribution in [0.25, 0.3) is 0 Å². The number of nitrogens with one attached hydrogen (secondary N) is 1. The summed E-state index contributed by atoms with van der Waals surface area (Å²) in [4.78, 5) is 7.82. The third-order valence-electron chi connectivity index (χ3n) is 2.80. The fourth-order valence-corrected chi connectivity index (χ4v) is 2.70. The molecule has 0 atom stereocenters. The number of nitrogens with zero attached hydrogens (tertiary/aromatic N) is 3. The highest BCUT2D eigenvalue weighted by Gasteiger charge is 2.11. The van der Waals surface area contributed by atoms with Gasteiger partial charge in [-0.1, -0.05) is 0 Å². The van der Waals surface area contributed by atoms with Crippen molar-refractivity contribution in [2.45, 2.75) is 6.54 Å². The first kappa shape index (κ1) is 10.9. The quantitative estimate of drug-likeness (QED) is 0.771. The van der Waals surface area contributed by atoms with E-state index in [4.69, 9.17) is 0 Å². The summed E-state index contributed by atoms with van der Waals surface area (Å²) in [5, 5.41) is 5.58. The molecule has 2 heterocycles. The van der Waals surface area contributed by atoms with Crippen molar-refractivity contribution >= 4 is 11.3 Å². The van der Waals surface area contributed by atoms with Crippen LogP contribution in [-0.4, -0.2) is 42.7 Å². The summed E-state index contributed by atoms with van der Waals surface area (Å²) < 4.78 is 2.19. The molecule has 1 N–H and O–H groups in total. The highest BCUT2D eigenvalue weighted by Crippen LogP contribution is 2.05. The van der Waals surface area contributed by atoms with E-state index in [1.165, 1.54) is 5.69 Å². The van der Waals surface area contributed by atoms with Gasteiger partial charge < -0.3 is 9.88 Å². The molecule has 1 fully saturated rings. The molecular formula is C10H18N4S. The number of thiazole rings is 1. The van der Waals surface area contributed by atoms with E-state index in [-0.39, 0.29) is 0 Å². The van der Waals surface area contributed by atoms with Gasteiger partial charge in [0.1, 0.15) is 0 Å². The molecule has 5 heteroatoms. The summed E-state index contributed by atoms with van der Waals surface area (Å²) in [6, 6.07) is 0. The predicted octanol–water partition coefficient (Wildman–Crippen LogP) is 0.0223. The largest absolute Gasteiger partial charge is 0.323 e. The van der Waals surface area contributed by atoms with E-state index in [2.05, 4.69) is 32.2 Å². The van der Waals surface area contributed by atoms with Gasteiger partial charge in [0.2, 0.25) is 0 Å². The highest BCUT2D eigenvalue weighted by molar-refractivity contribution is 7.07. The Hall–Kier alpha value is -0.650. The molecule has 1 aliphatic rings. The molecule has 15 heavy (non-hydrogen) atoms. The summed E-state index contributed by atoms with van der Waals surface area (Å²) in [5.41, 5.74) is 1.36. The molecule has 0 unspecified atom stereocenters. The number of rotatable bonds is 2. The summed E-state index contributed by atoms with van der Waals surface area (Å²) >= 11 is 1.72. The molecule has 1 saturated heterocycles. The minimum Gasteiger partial charge on any atom is -0.323 e. The van der Waals surface area contributed by atoms with E-state index >= 15 is 0 Å². The van der Waals surface area contributed by atoms with Crippen LogP contribution >= 0.6 is 11.3 Å². The van der Waals surface area contributed by atoms with E-state index in [9.17, 15) is 0 Å². The Kier molecular flexibility index (Phi) is 3.56.